The average molecular weight is 339 g/mol. The molecule has 5 nitrogen and oxygen atoms in total. The molecule has 1 aromatic carbocycles. The second-order valence-electron chi connectivity index (χ2n) is 6.67. The molecule has 3 rings (SSSR count). The van der Waals surface area contributed by atoms with Crippen molar-refractivity contribution in [3.8, 4) is 0 Å². The van der Waals surface area contributed by atoms with Crippen LogP contribution >= 0.6 is 0 Å². The lowest BCUT2D eigenvalue weighted by atomic mass is 10.0. The van der Waals surface area contributed by atoms with Crippen LogP contribution in [0, 0.1) is 6.92 Å². The first-order valence-electron chi connectivity index (χ1n) is 8.78. The smallest absolute Gasteiger partial charge is 0.255 e. The van der Waals surface area contributed by atoms with Crippen molar-refractivity contribution in [3.05, 3.63) is 59.4 Å². The summed E-state index contributed by atoms with van der Waals surface area (Å²) in [5, 5.41) is 0. The molecule has 2 heterocycles. The molecule has 1 aliphatic rings. The van der Waals surface area contributed by atoms with Crippen LogP contribution in [0.3, 0.4) is 0 Å². The van der Waals surface area contributed by atoms with Gasteiger partial charge in [-0.3, -0.25) is 9.59 Å². The van der Waals surface area contributed by atoms with Gasteiger partial charge >= 0.3 is 0 Å². The third-order valence-corrected chi connectivity index (χ3v) is 4.87. The molecule has 0 aliphatic carbocycles. The second-order valence-corrected chi connectivity index (χ2v) is 6.67. The van der Waals surface area contributed by atoms with Gasteiger partial charge < -0.3 is 14.4 Å². The van der Waals surface area contributed by atoms with E-state index in [1.54, 1.807) is 0 Å². The van der Waals surface area contributed by atoms with Crippen LogP contribution in [0.4, 0.5) is 0 Å². The standard InChI is InChI=1S/C20H25N3O2/c1-16-5-3-4-6-17(16)7-8-19(24)22-11-13-23(14-12-22)20(25)18-9-10-21(2)15-18/h3-6,9-10,15H,7-8,11-14H2,1-2H3. The summed E-state index contributed by atoms with van der Waals surface area (Å²) in [4.78, 5) is 28.6. The Hall–Kier alpha value is -2.56. The minimum absolute atomic E-state index is 0.0487. The van der Waals surface area contributed by atoms with Gasteiger partial charge in [0, 0.05) is 52.0 Å². The fourth-order valence-corrected chi connectivity index (χ4v) is 3.26. The fourth-order valence-electron chi connectivity index (χ4n) is 3.26. The highest BCUT2D eigenvalue weighted by molar-refractivity contribution is 5.94. The van der Waals surface area contributed by atoms with E-state index in [1.807, 2.05) is 52.0 Å². The number of piperazine rings is 1. The number of hydrogen-bond donors (Lipinski definition) is 0. The predicted molar refractivity (Wildman–Crippen MR) is 97.4 cm³/mol. The fraction of sp³-hybridized carbons (Fsp3) is 0.400. The summed E-state index contributed by atoms with van der Waals surface area (Å²) in [5.74, 6) is 0.225. The van der Waals surface area contributed by atoms with Gasteiger partial charge in [0.25, 0.3) is 5.91 Å². The summed E-state index contributed by atoms with van der Waals surface area (Å²) >= 11 is 0. The molecule has 0 radical (unpaired) electrons. The Kier molecular flexibility index (Phi) is 5.22. The molecule has 1 aliphatic heterocycles. The lowest BCUT2D eigenvalue weighted by Gasteiger charge is -2.34. The first-order valence-corrected chi connectivity index (χ1v) is 8.78. The molecule has 132 valence electrons. The number of aryl methyl sites for hydroxylation is 3. The predicted octanol–water partition coefficient (Wildman–Crippen LogP) is 2.25. The lowest BCUT2D eigenvalue weighted by molar-refractivity contribution is -0.132. The van der Waals surface area contributed by atoms with E-state index in [0.29, 0.717) is 38.2 Å². The average Bonchev–Trinajstić information content (AvgIpc) is 3.07. The van der Waals surface area contributed by atoms with Crippen LogP contribution in [-0.2, 0) is 18.3 Å². The van der Waals surface area contributed by atoms with Crippen molar-refractivity contribution in [2.75, 3.05) is 26.2 Å². The van der Waals surface area contributed by atoms with Crippen LogP contribution in [0.25, 0.3) is 0 Å². The van der Waals surface area contributed by atoms with Gasteiger partial charge in [-0.1, -0.05) is 24.3 Å². The molecule has 0 spiro atoms. The summed E-state index contributed by atoms with van der Waals surface area (Å²) in [6.45, 7) is 4.51. The topological polar surface area (TPSA) is 45.6 Å². The van der Waals surface area contributed by atoms with Crippen molar-refractivity contribution in [2.45, 2.75) is 19.8 Å². The molecule has 25 heavy (non-hydrogen) atoms. The first-order chi connectivity index (χ1) is 12.0. The monoisotopic (exact) mass is 339 g/mol. The molecule has 1 fully saturated rings. The van der Waals surface area contributed by atoms with Gasteiger partial charge in [-0.25, -0.2) is 0 Å². The van der Waals surface area contributed by atoms with E-state index in [4.69, 9.17) is 0 Å². The number of aromatic nitrogens is 1. The third kappa shape index (κ3) is 4.10. The Morgan fingerprint density at radius 1 is 1.00 bits per heavy atom. The van der Waals surface area contributed by atoms with E-state index in [0.717, 1.165) is 6.42 Å². The van der Waals surface area contributed by atoms with Gasteiger partial charge in [0.2, 0.25) is 5.91 Å². The summed E-state index contributed by atoms with van der Waals surface area (Å²) < 4.78 is 1.87. The van der Waals surface area contributed by atoms with Gasteiger partial charge in [-0.2, -0.15) is 0 Å². The summed E-state index contributed by atoms with van der Waals surface area (Å²) in [6, 6.07) is 10.0. The van der Waals surface area contributed by atoms with Crippen molar-refractivity contribution in [3.63, 3.8) is 0 Å². The zero-order chi connectivity index (χ0) is 17.8. The SMILES string of the molecule is Cc1ccccc1CCC(=O)N1CCN(C(=O)c2ccn(C)c2)CC1. The molecule has 0 unspecified atom stereocenters. The van der Waals surface area contributed by atoms with Crippen LogP contribution in [0.2, 0.25) is 0 Å². The van der Waals surface area contributed by atoms with Gasteiger partial charge in [0.1, 0.15) is 0 Å². The van der Waals surface area contributed by atoms with Crippen LogP contribution in [0.5, 0.6) is 0 Å². The maximum atomic E-state index is 12.5. The van der Waals surface area contributed by atoms with E-state index in [1.165, 1.54) is 11.1 Å². The number of hydrogen-bond acceptors (Lipinski definition) is 2. The Morgan fingerprint density at radius 3 is 2.32 bits per heavy atom. The number of rotatable bonds is 4. The Labute approximate surface area is 148 Å². The highest BCUT2D eigenvalue weighted by atomic mass is 16.2. The Bertz CT molecular complexity index is 758. The van der Waals surface area contributed by atoms with Crippen molar-refractivity contribution >= 4 is 11.8 Å². The van der Waals surface area contributed by atoms with E-state index in [9.17, 15) is 9.59 Å². The van der Waals surface area contributed by atoms with E-state index in [-0.39, 0.29) is 11.8 Å². The molecule has 5 heteroatoms. The number of carbonyl (C=O) groups is 2. The molecular weight excluding hydrogens is 314 g/mol. The highest BCUT2D eigenvalue weighted by Crippen LogP contribution is 2.13. The lowest BCUT2D eigenvalue weighted by Crippen LogP contribution is -2.50. The Morgan fingerprint density at radius 2 is 1.68 bits per heavy atom. The van der Waals surface area contributed by atoms with Crippen molar-refractivity contribution in [1.82, 2.24) is 14.4 Å². The number of benzene rings is 1. The number of nitrogens with zero attached hydrogens (tertiary/aromatic N) is 3. The third-order valence-electron chi connectivity index (χ3n) is 4.87. The highest BCUT2D eigenvalue weighted by Gasteiger charge is 2.25. The molecule has 0 saturated carbocycles. The number of carbonyl (C=O) groups excluding carboxylic acids is 2. The summed E-state index contributed by atoms with van der Waals surface area (Å²) in [5.41, 5.74) is 3.17. The largest absolute Gasteiger partial charge is 0.356 e. The van der Waals surface area contributed by atoms with Crippen molar-refractivity contribution < 1.29 is 9.59 Å². The second kappa shape index (κ2) is 7.55. The maximum absolute atomic E-state index is 12.5. The molecule has 0 atom stereocenters. The maximum Gasteiger partial charge on any atom is 0.255 e. The van der Waals surface area contributed by atoms with Gasteiger partial charge in [-0.05, 0) is 30.5 Å². The molecule has 1 saturated heterocycles. The molecule has 2 aromatic rings. The zero-order valence-corrected chi connectivity index (χ0v) is 14.9. The number of amides is 2. The Balaban J connectivity index is 1.49. The molecule has 0 N–H and O–H groups in total. The summed E-state index contributed by atoms with van der Waals surface area (Å²) in [7, 11) is 1.90. The normalized spacial score (nSPS) is 14.6. The molecular formula is C20H25N3O2. The summed E-state index contributed by atoms with van der Waals surface area (Å²) in [6.07, 6.45) is 5.01. The minimum atomic E-state index is 0.0487. The van der Waals surface area contributed by atoms with Gasteiger partial charge in [0.05, 0.1) is 5.56 Å². The van der Waals surface area contributed by atoms with Gasteiger partial charge in [0.15, 0.2) is 0 Å². The van der Waals surface area contributed by atoms with Crippen LogP contribution in [0.1, 0.15) is 27.9 Å². The molecule has 0 bridgehead atoms. The van der Waals surface area contributed by atoms with E-state index < -0.39 is 0 Å². The van der Waals surface area contributed by atoms with Crippen LogP contribution in [-0.4, -0.2) is 52.4 Å². The van der Waals surface area contributed by atoms with Crippen molar-refractivity contribution in [1.29, 1.82) is 0 Å². The quantitative estimate of drug-likeness (QED) is 0.858. The molecule has 1 aromatic heterocycles. The zero-order valence-electron chi connectivity index (χ0n) is 14.9. The first kappa shape index (κ1) is 17.3. The van der Waals surface area contributed by atoms with E-state index >= 15 is 0 Å². The van der Waals surface area contributed by atoms with E-state index in [2.05, 4.69) is 19.1 Å². The van der Waals surface area contributed by atoms with Gasteiger partial charge in [-0.15, -0.1) is 0 Å². The molecule has 2 amide bonds. The minimum Gasteiger partial charge on any atom is -0.356 e. The van der Waals surface area contributed by atoms with Crippen LogP contribution in [0.15, 0.2) is 42.7 Å². The van der Waals surface area contributed by atoms with Crippen molar-refractivity contribution in [2.24, 2.45) is 7.05 Å². The van der Waals surface area contributed by atoms with Crippen LogP contribution < -0.4 is 0 Å².